The van der Waals surface area contributed by atoms with Crippen molar-refractivity contribution in [3.63, 3.8) is 0 Å². The number of benzene rings is 1. The van der Waals surface area contributed by atoms with E-state index in [1.54, 1.807) is 9.80 Å². The van der Waals surface area contributed by atoms with Gasteiger partial charge in [-0.15, -0.1) is 0 Å². The zero-order valence-electron chi connectivity index (χ0n) is 33.3. The van der Waals surface area contributed by atoms with Crippen LogP contribution in [-0.2, 0) is 35.1 Å². The van der Waals surface area contributed by atoms with Crippen LogP contribution in [0.1, 0.15) is 150 Å². The molecule has 298 valence electrons. The van der Waals surface area contributed by atoms with Crippen LogP contribution in [0.3, 0.4) is 0 Å². The van der Waals surface area contributed by atoms with Gasteiger partial charge in [-0.05, 0) is 72.8 Å². The highest BCUT2D eigenvalue weighted by atomic mass is 16.6. The Bertz CT molecular complexity index is 1120. The Balaban J connectivity index is 2.17. The summed E-state index contributed by atoms with van der Waals surface area (Å²) in [6.45, 7) is 13.0. The van der Waals surface area contributed by atoms with Crippen molar-refractivity contribution in [2.45, 2.75) is 162 Å². The maximum atomic E-state index is 12.8. The SMILES string of the molecule is CC(C)(C)OC(=O)N(CCO)CCCCCCCCCC(=O)OCCN(CCCCCCCCCC(=O)OCc1ccccc1)C(=O)OC(C)(C)C. The van der Waals surface area contributed by atoms with Gasteiger partial charge in [-0.2, -0.15) is 0 Å². The fourth-order valence-electron chi connectivity index (χ4n) is 5.43. The molecule has 11 nitrogen and oxygen atoms in total. The van der Waals surface area contributed by atoms with Gasteiger partial charge in [-0.3, -0.25) is 9.59 Å². The summed E-state index contributed by atoms with van der Waals surface area (Å²) in [6, 6.07) is 9.69. The zero-order chi connectivity index (χ0) is 38.7. The molecule has 0 fully saturated rings. The van der Waals surface area contributed by atoms with Gasteiger partial charge in [0.2, 0.25) is 0 Å². The van der Waals surface area contributed by atoms with Gasteiger partial charge in [0.05, 0.1) is 13.2 Å². The number of amides is 2. The van der Waals surface area contributed by atoms with Gasteiger partial charge < -0.3 is 33.9 Å². The molecule has 0 spiro atoms. The van der Waals surface area contributed by atoms with E-state index in [1.165, 1.54) is 0 Å². The average molecular weight is 735 g/mol. The minimum absolute atomic E-state index is 0.0921. The molecule has 0 aliphatic heterocycles. The minimum atomic E-state index is -0.611. The Morgan fingerprint density at radius 2 is 0.942 bits per heavy atom. The van der Waals surface area contributed by atoms with Crippen molar-refractivity contribution in [1.82, 2.24) is 9.80 Å². The lowest BCUT2D eigenvalue weighted by Gasteiger charge is -2.27. The first-order chi connectivity index (χ1) is 24.7. The topological polar surface area (TPSA) is 132 Å². The summed E-state index contributed by atoms with van der Waals surface area (Å²) in [4.78, 5) is 52.6. The van der Waals surface area contributed by atoms with E-state index in [4.69, 9.17) is 18.9 Å². The van der Waals surface area contributed by atoms with Crippen molar-refractivity contribution in [3.8, 4) is 0 Å². The molecule has 0 radical (unpaired) electrons. The Hall–Kier alpha value is -3.34. The second-order valence-corrected chi connectivity index (χ2v) is 15.5. The van der Waals surface area contributed by atoms with E-state index >= 15 is 0 Å². The monoisotopic (exact) mass is 735 g/mol. The first-order valence-corrected chi connectivity index (χ1v) is 19.6. The standard InChI is InChI=1S/C41H70N2O9/c1-40(2,3)51-38(47)42(30-32-44)28-22-15-11-7-9-13-20-26-36(45)49-33-31-43(39(48)52-41(4,5)6)29-23-16-12-8-10-14-21-27-37(46)50-34-35-24-18-17-19-25-35/h17-19,24-25,44H,7-16,20-23,26-34H2,1-6H3. The fourth-order valence-corrected chi connectivity index (χ4v) is 5.43. The predicted octanol–water partition coefficient (Wildman–Crippen LogP) is 8.98. The van der Waals surface area contributed by atoms with Gasteiger partial charge in [0.1, 0.15) is 24.4 Å². The smallest absolute Gasteiger partial charge is 0.410 e. The molecule has 2 amide bonds. The average Bonchev–Trinajstić information content (AvgIpc) is 3.06. The quantitative estimate of drug-likeness (QED) is 0.0534. The highest BCUT2D eigenvalue weighted by Gasteiger charge is 2.23. The number of esters is 2. The Morgan fingerprint density at radius 3 is 1.38 bits per heavy atom. The van der Waals surface area contributed by atoms with Crippen LogP contribution in [0, 0.1) is 0 Å². The summed E-state index contributed by atoms with van der Waals surface area (Å²) < 4.78 is 21.8. The van der Waals surface area contributed by atoms with Crippen molar-refractivity contribution < 1.29 is 43.2 Å². The molecule has 1 N–H and O–H groups in total. The van der Waals surface area contributed by atoms with E-state index in [0.717, 1.165) is 95.5 Å². The first kappa shape index (κ1) is 46.7. The normalized spacial score (nSPS) is 11.5. The molecule has 0 atom stereocenters. The van der Waals surface area contributed by atoms with Gasteiger partial charge >= 0.3 is 24.1 Å². The molecule has 1 aromatic rings. The molecule has 0 heterocycles. The van der Waals surface area contributed by atoms with Crippen LogP contribution >= 0.6 is 0 Å². The summed E-state index contributed by atoms with van der Waals surface area (Å²) >= 11 is 0. The summed E-state index contributed by atoms with van der Waals surface area (Å²) in [6.07, 6.45) is 13.5. The fraction of sp³-hybridized carbons (Fsp3) is 0.756. The lowest BCUT2D eigenvalue weighted by Crippen LogP contribution is -2.39. The van der Waals surface area contributed by atoms with Crippen LogP contribution in [0.25, 0.3) is 0 Å². The van der Waals surface area contributed by atoms with Gasteiger partial charge in [-0.25, -0.2) is 9.59 Å². The molecule has 11 heteroatoms. The van der Waals surface area contributed by atoms with E-state index in [2.05, 4.69) is 0 Å². The van der Waals surface area contributed by atoms with E-state index in [-0.39, 0.29) is 31.7 Å². The summed E-state index contributed by atoms with van der Waals surface area (Å²) in [5, 5.41) is 9.28. The van der Waals surface area contributed by atoms with Crippen LogP contribution in [0.2, 0.25) is 0 Å². The second kappa shape index (κ2) is 27.3. The van der Waals surface area contributed by atoms with E-state index in [1.807, 2.05) is 71.9 Å². The number of carbonyl (C=O) groups is 4. The third-order valence-electron chi connectivity index (χ3n) is 8.16. The van der Waals surface area contributed by atoms with Gasteiger partial charge in [0.25, 0.3) is 0 Å². The number of unbranched alkanes of at least 4 members (excludes halogenated alkanes) is 12. The first-order valence-electron chi connectivity index (χ1n) is 19.6. The summed E-state index contributed by atoms with van der Waals surface area (Å²) in [7, 11) is 0. The minimum Gasteiger partial charge on any atom is -0.464 e. The van der Waals surface area contributed by atoms with E-state index in [0.29, 0.717) is 39.1 Å². The second-order valence-electron chi connectivity index (χ2n) is 15.5. The van der Waals surface area contributed by atoms with Crippen molar-refractivity contribution in [2.75, 3.05) is 39.4 Å². The highest BCUT2D eigenvalue weighted by Crippen LogP contribution is 2.15. The summed E-state index contributed by atoms with van der Waals surface area (Å²) in [5.74, 6) is -0.405. The number of carbonyl (C=O) groups excluding carboxylic acids is 4. The number of ether oxygens (including phenoxy) is 4. The van der Waals surface area contributed by atoms with Crippen LogP contribution in [-0.4, -0.2) is 89.6 Å². The molecule has 0 aliphatic rings. The Kier molecular flexibility index (Phi) is 24.5. The number of aliphatic hydroxyl groups excluding tert-OH is 1. The molecule has 0 saturated heterocycles. The predicted molar refractivity (Wildman–Crippen MR) is 204 cm³/mol. The van der Waals surface area contributed by atoms with E-state index < -0.39 is 23.4 Å². The lowest BCUT2D eigenvalue weighted by molar-refractivity contribution is -0.145. The molecule has 0 unspecified atom stereocenters. The maximum Gasteiger partial charge on any atom is 0.410 e. The van der Waals surface area contributed by atoms with Crippen LogP contribution < -0.4 is 0 Å². The highest BCUT2D eigenvalue weighted by molar-refractivity contribution is 5.70. The number of hydrogen-bond donors (Lipinski definition) is 1. The van der Waals surface area contributed by atoms with E-state index in [9.17, 15) is 24.3 Å². The van der Waals surface area contributed by atoms with Crippen LogP contribution in [0.5, 0.6) is 0 Å². The van der Waals surface area contributed by atoms with Gasteiger partial charge in [0, 0.05) is 32.5 Å². The van der Waals surface area contributed by atoms with Crippen molar-refractivity contribution in [3.05, 3.63) is 35.9 Å². The molecule has 0 aliphatic carbocycles. The third kappa shape index (κ3) is 26.4. The van der Waals surface area contributed by atoms with Crippen molar-refractivity contribution in [1.29, 1.82) is 0 Å². The lowest BCUT2D eigenvalue weighted by atomic mass is 10.1. The number of hydrogen-bond acceptors (Lipinski definition) is 9. The molecule has 0 aromatic heterocycles. The van der Waals surface area contributed by atoms with Crippen LogP contribution in [0.15, 0.2) is 30.3 Å². The zero-order valence-corrected chi connectivity index (χ0v) is 33.3. The molecular formula is C41H70N2O9. The number of rotatable bonds is 27. The third-order valence-corrected chi connectivity index (χ3v) is 8.16. The summed E-state index contributed by atoms with van der Waals surface area (Å²) in [5.41, 5.74) is -0.182. The number of nitrogens with zero attached hydrogens (tertiary/aromatic N) is 2. The number of aliphatic hydroxyl groups is 1. The van der Waals surface area contributed by atoms with Crippen molar-refractivity contribution in [2.24, 2.45) is 0 Å². The van der Waals surface area contributed by atoms with Crippen LogP contribution in [0.4, 0.5) is 9.59 Å². The van der Waals surface area contributed by atoms with Gasteiger partial charge in [0.15, 0.2) is 0 Å². The molecule has 1 aromatic carbocycles. The largest absolute Gasteiger partial charge is 0.464 e. The molecule has 52 heavy (non-hydrogen) atoms. The van der Waals surface area contributed by atoms with Crippen molar-refractivity contribution >= 4 is 24.1 Å². The molecule has 0 saturated carbocycles. The van der Waals surface area contributed by atoms with Gasteiger partial charge in [-0.1, -0.05) is 94.5 Å². The Morgan fingerprint density at radius 1 is 0.538 bits per heavy atom. The molecule has 0 bridgehead atoms. The molecule has 1 rings (SSSR count). The molecular weight excluding hydrogens is 664 g/mol. The Labute approximate surface area is 314 Å². The maximum absolute atomic E-state index is 12.8.